The van der Waals surface area contributed by atoms with Gasteiger partial charge in [0.1, 0.15) is 5.60 Å². The summed E-state index contributed by atoms with van der Waals surface area (Å²) in [4.78, 5) is 11.7. The highest BCUT2D eigenvalue weighted by Gasteiger charge is 2.37. The zero-order chi connectivity index (χ0) is 19.8. The van der Waals surface area contributed by atoms with Crippen molar-refractivity contribution in [1.29, 1.82) is 0 Å². The maximum absolute atomic E-state index is 11.7. The quantitative estimate of drug-likeness (QED) is 0.733. The fourth-order valence-corrected chi connectivity index (χ4v) is 3.56. The van der Waals surface area contributed by atoms with E-state index in [1.807, 2.05) is 26.8 Å². The van der Waals surface area contributed by atoms with Crippen molar-refractivity contribution in [3.63, 3.8) is 0 Å². The summed E-state index contributed by atoms with van der Waals surface area (Å²) in [6.07, 6.45) is 6.14. The van der Waals surface area contributed by atoms with Crippen molar-refractivity contribution in [2.24, 2.45) is 0 Å². The standard InChI is InChI=1S/C23H35NO2/c1-16-14-18-19(23(7,8)12-11-22(18,5)6)15-17(16)10-9-13-24-20(25)26-21(2,3)4/h9-10,14-15H,11-13H2,1-8H3,(H,24,25). The molecule has 0 spiro atoms. The number of amides is 1. The number of carbonyl (C=O) groups is 1. The Morgan fingerprint density at radius 1 is 1.12 bits per heavy atom. The Hall–Kier alpha value is -1.77. The molecule has 3 nitrogen and oxygen atoms in total. The lowest BCUT2D eigenvalue weighted by molar-refractivity contribution is 0.0534. The van der Waals surface area contributed by atoms with Crippen LogP contribution in [0, 0.1) is 6.92 Å². The first-order chi connectivity index (χ1) is 11.8. The van der Waals surface area contributed by atoms with Gasteiger partial charge in [0.15, 0.2) is 0 Å². The van der Waals surface area contributed by atoms with E-state index < -0.39 is 5.60 Å². The van der Waals surface area contributed by atoms with Crippen LogP contribution in [0.5, 0.6) is 0 Å². The topological polar surface area (TPSA) is 38.3 Å². The Kier molecular flexibility index (Phi) is 5.60. The molecule has 0 atom stereocenters. The van der Waals surface area contributed by atoms with E-state index in [0.29, 0.717) is 6.54 Å². The van der Waals surface area contributed by atoms with Gasteiger partial charge in [0.2, 0.25) is 0 Å². The lowest BCUT2D eigenvalue weighted by Gasteiger charge is -2.42. The van der Waals surface area contributed by atoms with Gasteiger partial charge in [-0.3, -0.25) is 0 Å². The number of carbonyl (C=O) groups excluding carboxylic acids is 1. The van der Waals surface area contributed by atoms with Crippen LogP contribution in [-0.2, 0) is 15.6 Å². The van der Waals surface area contributed by atoms with E-state index in [1.54, 1.807) is 0 Å². The van der Waals surface area contributed by atoms with Crippen molar-refractivity contribution in [1.82, 2.24) is 5.32 Å². The molecule has 3 heteroatoms. The first-order valence-corrected chi connectivity index (χ1v) is 9.61. The molecule has 0 saturated carbocycles. The van der Waals surface area contributed by atoms with Gasteiger partial charge >= 0.3 is 6.09 Å². The van der Waals surface area contributed by atoms with Gasteiger partial charge in [0.25, 0.3) is 0 Å². The van der Waals surface area contributed by atoms with E-state index in [4.69, 9.17) is 4.74 Å². The maximum atomic E-state index is 11.7. The van der Waals surface area contributed by atoms with Crippen LogP contribution >= 0.6 is 0 Å². The molecule has 0 saturated heterocycles. The minimum absolute atomic E-state index is 0.204. The van der Waals surface area contributed by atoms with E-state index in [1.165, 1.54) is 35.1 Å². The lowest BCUT2D eigenvalue weighted by Crippen LogP contribution is -2.34. The van der Waals surface area contributed by atoms with E-state index >= 15 is 0 Å². The van der Waals surface area contributed by atoms with Gasteiger partial charge in [0.05, 0.1) is 0 Å². The minimum atomic E-state index is -0.471. The van der Waals surface area contributed by atoms with Gasteiger partial charge in [-0.15, -0.1) is 0 Å². The van der Waals surface area contributed by atoms with Crippen molar-refractivity contribution in [2.45, 2.75) is 84.7 Å². The monoisotopic (exact) mass is 357 g/mol. The zero-order valence-electron chi connectivity index (χ0n) is 17.7. The summed E-state index contributed by atoms with van der Waals surface area (Å²) in [7, 11) is 0. The molecule has 0 bridgehead atoms. The van der Waals surface area contributed by atoms with Crippen LogP contribution in [-0.4, -0.2) is 18.2 Å². The van der Waals surface area contributed by atoms with Crippen LogP contribution in [0.15, 0.2) is 18.2 Å². The number of ether oxygens (including phenoxy) is 1. The second kappa shape index (κ2) is 7.09. The number of hydrogen-bond acceptors (Lipinski definition) is 2. The highest BCUT2D eigenvalue weighted by molar-refractivity contribution is 5.68. The fourth-order valence-electron chi connectivity index (χ4n) is 3.56. The number of fused-ring (bicyclic) bond motifs is 1. The third-order valence-corrected chi connectivity index (χ3v) is 5.30. The first kappa shape index (κ1) is 20.5. The van der Waals surface area contributed by atoms with Crippen LogP contribution in [0.4, 0.5) is 4.79 Å². The molecule has 26 heavy (non-hydrogen) atoms. The van der Waals surface area contributed by atoms with Crippen LogP contribution in [0.2, 0.25) is 0 Å². The number of nitrogens with one attached hydrogen (secondary N) is 1. The van der Waals surface area contributed by atoms with E-state index in [9.17, 15) is 4.79 Å². The molecule has 1 N–H and O–H groups in total. The molecule has 1 aliphatic rings. The van der Waals surface area contributed by atoms with Gasteiger partial charge in [-0.1, -0.05) is 52.0 Å². The van der Waals surface area contributed by atoms with Gasteiger partial charge in [0, 0.05) is 6.54 Å². The van der Waals surface area contributed by atoms with Gasteiger partial charge in [-0.2, -0.15) is 0 Å². The second-order valence-electron chi connectivity index (χ2n) is 9.81. The van der Waals surface area contributed by atoms with Crippen molar-refractivity contribution in [3.8, 4) is 0 Å². The van der Waals surface area contributed by atoms with Crippen molar-refractivity contribution >= 4 is 12.2 Å². The summed E-state index contributed by atoms with van der Waals surface area (Å²) in [5.41, 5.74) is 5.41. The summed E-state index contributed by atoms with van der Waals surface area (Å²) in [5, 5.41) is 2.77. The van der Waals surface area contributed by atoms with Crippen molar-refractivity contribution in [3.05, 3.63) is 40.5 Å². The van der Waals surface area contributed by atoms with Crippen molar-refractivity contribution in [2.75, 3.05) is 6.54 Å². The Balaban J connectivity index is 2.15. The normalized spacial score (nSPS) is 18.5. The summed E-state index contributed by atoms with van der Waals surface area (Å²) in [6, 6.07) is 4.70. The smallest absolute Gasteiger partial charge is 0.407 e. The summed E-state index contributed by atoms with van der Waals surface area (Å²) in [6.45, 7) is 17.6. The molecule has 0 fully saturated rings. The largest absolute Gasteiger partial charge is 0.444 e. The molecule has 2 rings (SSSR count). The molecule has 0 radical (unpaired) electrons. The molecular weight excluding hydrogens is 322 g/mol. The molecular formula is C23H35NO2. The van der Waals surface area contributed by atoms with Crippen LogP contribution in [0.25, 0.3) is 6.08 Å². The van der Waals surface area contributed by atoms with Crippen LogP contribution in [0.3, 0.4) is 0 Å². The minimum Gasteiger partial charge on any atom is -0.444 e. The molecule has 0 aliphatic heterocycles. The van der Waals surface area contributed by atoms with Gasteiger partial charge in [-0.25, -0.2) is 4.79 Å². The molecule has 0 heterocycles. The number of benzene rings is 1. The summed E-state index contributed by atoms with van der Waals surface area (Å²) >= 11 is 0. The molecule has 1 aromatic rings. The lowest BCUT2D eigenvalue weighted by atomic mass is 9.62. The zero-order valence-corrected chi connectivity index (χ0v) is 17.7. The number of aryl methyl sites for hydroxylation is 1. The van der Waals surface area contributed by atoms with E-state index in [2.05, 4.69) is 58.1 Å². The number of hydrogen-bond donors (Lipinski definition) is 1. The Morgan fingerprint density at radius 2 is 1.65 bits per heavy atom. The fraction of sp³-hybridized carbons (Fsp3) is 0.609. The molecule has 1 aromatic carbocycles. The first-order valence-electron chi connectivity index (χ1n) is 9.61. The number of rotatable bonds is 3. The molecule has 0 unspecified atom stereocenters. The van der Waals surface area contributed by atoms with Gasteiger partial charge < -0.3 is 10.1 Å². The number of alkyl carbamates (subject to hydrolysis) is 1. The summed E-state index contributed by atoms with van der Waals surface area (Å²) in [5.74, 6) is 0. The SMILES string of the molecule is Cc1cc2c(cc1C=CCNC(=O)OC(C)(C)C)C(C)(C)CCC2(C)C. The Bertz CT molecular complexity index is 706. The molecule has 144 valence electrons. The average molecular weight is 358 g/mol. The van der Waals surface area contributed by atoms with Crippen LogP contribution in [0.1, 0.15) is 83.6 Å². The molecule has 1 amide bonds. The van der Waals surface area contributed by atoms with E-state index in [0.717, 1.165) is 0 Å². The van der Waals surface area contributed by atoms with Crippen LogP contribution < -0.4 is 5.32 Å². The second-order valence-corrected chi connectivity index (χ2v) is 9.81. The maximum Gasteiger partial charge on any atom is 0.407 e. The Morgan fingerprint density at radius 3 is 2.19 bits per heavy atom. The highest BCUT2D eigenvalue weighted by atomic mass is 16.6. The van der Waals surface area contributed by atoms with Gasteiger partial charge in [-0.05, 0) is 73.6 Å². The van der Waals surface area contributed by atoms with Crippen molar-refractivity contribution < 1.29 is 9.53 Å². The molecule has 1 aliphatic carbocycles. The summed E-state index contributed by atoms with van der Waals surface area (Å²) < 4.78 is 5.25. The average Bonchev–Trinajstić information content (AvgIpc) is 2.47. The third-order valence-electron chi connectivity index (χ3n) is 5.30. The predicted molar refractivity (Wildman–Crippen MR) is 110 cm³/mol. The third kappa shape index (κ3) is 4.90. The van der Waals surface area contributed by atoms with E-state index in [-0.39, 0.29) is 16.9 Å². The molecule has 0 aromatic heterocycles. The highest BCUT2D eigenvalue weighted by Crippen LogP contribution is 2.46. The predicted octanol–water partition coefficient (Wildman–Crippen LogP) is 5.88. The Labute approximate surface area is 159 Å².